The summed E-state index contributed by atoms with van der Waals surface area (Å²) in [5.74, 6) is 2.38. The largest absolute Gasteiger partial charge is 0.493 e. The molecule has 0 spiro atoms. The smallest absolute Gasteiger partial charge is 0.270 e. The minimum Gasteiger partial charge on any atom is -0.493 e. The predicted molar refractivity (Wildman–Crippen MR) is 117 cm³/mol. The number of aryl methyl sites for hydroxylation is 1. The van der Waals surface area contributed by atoms with Crippen molar-refractivity contribution in [1.29, 1.82) is 0 Å². The zero-order valence-corrected chi connectivity index (χ0v) is 18.7. The monoisotopic (exact) mass is 456 g/mol. The number of nitrogens with two attached hydrogens (primary N) is 1. The van der Waals surface area contributed by atoms with Crippen molar-refractivity contribution >= 4 is 27.2 Å². The van der Waals surface area contributed by atoms with E-state index < -0.39 is 0 Å². The molecule has 1 aromatic carbocycles. The number of nitrogens with zero attached hydrogens (tertiary/aromatic N) is 3. The maximum Gasteiger partial charge on any atom is 0.270 e. The van der Waals surface area contributed by atoms with Crippen LogP contribution in [-0.4, -0.2) is 43.2 Å². The first kappa shape index (κ1) is 20.3. The third kappa shape index (κ3) is 3.09. The first-order chi connectivity index (χ1) is 15.5. The molecule has 4 heterocycles. The van der Waals surface area contributed by atoms with Gasteiger partial charge in [0.25, 0.3) is 5.89 Å². The first-order valence-corrected chi connectivity index (χ1v) is 10.4. The van der Waals surface area contributed by atoms with Crippen LogP contribution < -0.4 is 24.7 Å². The van der Waals surface area contributed by atoms with E-state index in [0.29, 0.717) is 51.6 Å². The summed E-state index contributed by atoms with van der Waals surface area (Å²) in [6.07, 6.45) is 0. The van der Waals surface area contributed by atoms with Gasteiger partial charge in [-0.05, 0) is 24.6 Å². The molecule has 1 aliphatic heterocycles. The summed E-state index contributed by atoms with van der Waals surface area (Å²) in [5.41, 5.74) is 9.37. The van der Waals surface area contributed by atoms with E-state index in [1.54, 1.807) is 20.3 Å². The normalized spacial score (nSPS) is 12.5. The lowest BCUT2D eigenvalue weighted by Crippen LogP contribution is -1.95. The van der Waals surface area contributed by atoms with Gasteiger partial charge in [0.2, 0.25) is 24.1 Å². The van der Waals surface area contributed by atoms with Gasteiger partial charge in [-0.1, -0.05) is 5.16 Å². The third-order valence-corrected chi connectivity index (χ3v) is 6.14. The number of ether oxygens (including phenoxy) is 5. The molecule has 0 amide bonds. The molecule has 3 aromatic heterocycles. The van der Waals surface area contributed by atoms with E-state index in [9.17, 15) is 0 Å². The molecule has 32 heavy (non-hydrogen) atoms. The lowest BCUT2D eigenvalue weighted by atomic mass is 10.1. The Morgan fingerprint density at radius 2 is 1.91 bits per heavy atom. The van der Waals surface area contributed by atoms with Gasteiger partial charge < -0.3 is 33.9 Å². The van der Waals surface area contributed by atoms with Gasteiger partial charge in [-0.2, -0.15) is 4.98 Å². The molecular weight excluding hydrogens is 436 g/mol. The quantitative estimate of drug-likeness (QED) is 0.458. The molecule has 11 heteroatoms. The SMILES string of the molecule is COCc1cc(C)nc2sc(-c3nc(-c4cc(OC)c5c(c4OC)OCO5)no3)c(N)c12. The number of benzene rings is 1. The van der Waals surface area contributed by atoms with Crippen LogP contribution in [0, 0.1) is 6.92 Å². The molecule has 0 radical (unpaired) electrons. The van der Waals surface area contributed by atoms with Crippen LogP contribution in [0.4, 0.5) is 5.69 Å². The zero-order chi connectivity index (χ0) is 22.4. The van der Waals surface area contributed by atoms with Crippen molar-refractivity contribution in [2.24, 2.45) is 0 Å². The summed E-state index contributed by atoms with van der Waals surface area (Å²) in [4.78, 5) is 10.6. The van der Waals surface area contributed by atoms with E-state index in [-0.39, 0.29) is 12.7 Å². The molecule has 0 atom stereocenters. The maximum absolute atomic E-state index is 6.48. The number of thiophene rings is 1. The highest BCUT2D eigenvalue weighted by Gasteiger charge is 2.30. The van der Waals surface area contributed by atoms with E-state index in [0.717, 1.165) is 21.5 Å². The van der Waals surface area contributed by atoms with Crippen molar-refractivity contribution in [3.8, 4) is 45.2 Å². The van der Waals surface area contributed by atoms with Crippen LogP contribution in [0.2, 0.25) is 0 Å². The van der Waals surface area contributed by atoms with Gasteiger partial charge in [-0.3, -0.25) is 0 Å². The van der Waals surface area contributed by atoms with Gasteiger partial charge >= 0.3 is 0 Å². The predicted octanol–water partition coefficient (Wildman–Crippen LogP) is 3.80. The van der Waals surface area contributed by atoms with Crippen molar-refractivity contribution in [3.63, 3.8) is 0 Å². The van der Waals surface area contributed by atoms with Gasteiger partial charge in [-0.15, -0.1) is 11.3 Å². The Bertz CT molecular complexity index is 1330. The fourth-order valence-corrected chi connectivity index (χ4v) is 4.83. The van der Waals surface area contributed by atoms with Gasteiger partial charge in [0.15, 0.2) is 11.5 Å². The third-order valence-electron chi connectivity index (χ3n) is 5.06. The van der Waals surface area contributed by atoms with Crippen LogP contribution in [0.1, 0.15) is 11.3 Å². The molecule has 0 bridgehead atoms. The van der Waals surface area contributed by atoms with E-state index in [1.807, 2.05) is 13.0 Å². The first-order valence-electron chi connectivity index (χ1n) is 9.62. The molecule has 1 aliphatic rings. The second-order valence-electron chi connectivity index (χ2n) is 7.03. The van der Waals surface area contributed by atoms with Crippen molar-refractivity contribution in [2.45, 2.75) is 13.5 Å². The molecule has 0 saturated heterocycles. The molecule has 0 saturated carbocycles. The molecule has 166 valence electrons. The molecular formula is C21H20N4O6S. The second-order valence-corrected chi connectivity index (χ2v) is 8.03. The topological polar surface area (TPSA) is 124 Å². The molecule has 0 aliphatic carbocycles. The summed E-state index contributed by atoms with van der Waals surface area (Å²) < 4.78 is 33.0. The number of hydrogen-bond donors (Lipinski definition) is 1. The minimum atomic E-state index is 0.0670. The average molecular weight is 456 g/mol. The molecule has 4 aromatic rings. The zero-order valence-electron chi connectivity index (χ0n) is 17.8. The Hall–Kier alpha value is -3.57. The van der Waals surface area contributed by atoms with Crippen molar-refractivity contribution in [2.75, 3.05) is 33.9 Å². The highest BCUT2D eigenvalue weighted by molar-refractivity contribution is 7.22. The van der Waals surface area contributed by atoms with Crippen molar-refractivity contribution < 1.29 is 28.2 Å². The lowest BCUT2D eigenvalue weighted by Gasteiger charge is -2.11. The van der Waals surface area contributed by atoms with Gasteiger partial charge in [-0.25, -0.2) is 4.98 Å². The molecule has 2 N–H and O–H groups in total. The highest BCUT2D eigenvalue weighted by atomic mass is 32.1. The van der Waals surface area contributed by atoms with E-state index in [2.05, 4.69) is 15.1 Å². The van der Waals surface area contributed by atoms with Gasteiger partial charge in [0.05, 0.1) is 32.1 Å². The molecule has 10 nitrogen and oxygen atoms in total. The lowest BCUT2D eigenvalue weighted by molar-refractivity contribution is 0.168. The number of anilines is 1. The van der Waals surface area contributed by atoms with Crippen molar-refractivity contribution in [1.82, 2.24) is 15.1 Å². The van der Waals surface area contributed by atoms with Crippen LogP contribution in [-0.2, 0) is 11.3 Å². The van der Waals surface area contributed by atoms with Crippen LogP contribution >= 0.6 is 11.3 Å². The number of rotatable bonds is 6. The Morgan fingerprint density at radius 1 is 1.09 bits per heavy atom. The summed E-state index contributed by atoms with van der Waals surface area (Å²) in [6, 6.07) is 3.68. The number of aromatic nitrogens is 3. The Balaban J connectivity index is 1.63. The number of hydrogen-bond acceptors (Lipinski definition) is 11. The molecule has 0 fully saturated rings. The Labute approximate surface area is 186 Å². The minimum absolute atomic E-state index is 0.0670. The number of nitrogen functional groups attached to an aromatic ring is 1. The Morgan fingerprint density at radius 3 is 2.66 bits per heavy atom. The van der Waals surface area contributed by atoms with Crippen LogP contribution in [0.15, 0.2) is 16.7 Å². The van der Waals surface area contributed by atoms with Crippen LogP contribution in [0.5, 0.6) is 23.0 Å². The van der Waals surface area contributed by atoms with E-state index in [1.165, 1.54) is 18.4 Å². The second kappa shape index (κ2) is 7.84. The van der Waals surface area contributed by atoms with Crippen molar-refractivity contribution in [3.05, 3.63) is 23.4 Å². The number of fused-ring (bicyclic) bond motifs is 2. The standard InChI is InChI=1S/C21H20N4O6S/c1-9-5-10(7-26-2)13-14(22)18(32-21(13)23-9)20-24-19(25-31-20)11-6-12(27-3)16-17(15(11)28-4)30-8-29-16/h5-6H,7-8,22H2,1-4H3. The summed E-state index contributed by atoms with van der Waals surface area (Å²) in [5, 5.41) is 4.98. The maximum atomic E-state index is 6.48. The summed E-state index contributed by atoms with van der Waals surface area (Å²) in [7, 11) is 4.71. The van der Waals surface area contributed by atoms with Crippen LogP contribution in [0.25, 0.3) is 32.4 Å². The number of methoxy groups -OCH3 is 3. The van der Waals surface area contributed by atoms with Crippen LogP contribution in [0.3, 0.4) is 0 Å². The average Bonchev–Trinajstić information content (AvgIpc) is 3.51. The fourth-order valence-electron chi connectivity index (χ4n) is 3.73. The molecule has 5 rings (SSSR count). The van der Waals surface area contributed by atoms with E-state index >= 15 is 0 Å². The number of pyridine rings is 1. The fraction of sp³-hybridized carbons (Fsp3) is 0.286. The highest BCUT2D eigenvalue weighted by Crippen LogP contribution is 2.52. The Kier molecular flexibility index (Phi) is 4.98. The molecule has 0 unspecified atom stereocenters. The summed E-state index contributed by atoms with van der Waals surface area (Å²) >= 11 is 1.39. The summed E-state index contributed by atoms with van der Waals surface area (Å²) in [6.45, 7) is 2.42. The van der Waals surface area contributed by atoms with Gasteiger partial charge in [0.1, 0.15) is 9.71 Å². The van der Waals surface area contributed by atoms with E-state index in [4.69, 9.17) is 33.9 Å². The van der Waals surface area contributed by atoms with Gasteiger partial charge in [0, 0.05) is 18.2 Å².